The van der Waals surface area contributed by atoms with Crippen molar-refractivity contribution >= 4 is 0 Å². The summed E-state index contributed by atoms with van der Waals surface area (Å²) in [5, 5.41) is 29.4. The van der Waals surface area contributed by atoms with Crippen LogP contribution < -0.4 is 9.47 Å². The summed E-state index contributed by atoms with van der Waals surface area (Å²) in [6.07, 6.45) is 0. The van der Waals surface area contributed by atoms with E-state index in [2.05, 4.69) is 65.5 Å². The summed E-state index contributed by atoms with van der Waals surface area (Å²) in [6.45, 7) is 3.01. The zero-order chi connectivity index (χ0) is 41.5. The first kappa shape index (κ1) is 40.8. The van der Waals surface area contributed by atoms with Crippen LogP contribution in [0, 0.1) is 22.6 Å². The molecule has 8 nitrogen and oxygen atoms in total. The minimum Gasteiger partial charge on any atom is -0.498 e. The number of ether oxygens (including phenoxy) is 4. The van der Waals surface area contributed by atoms with Gasteiger partial charge < -0.3 is 29.4 Å². The molecule has 298 valence electrons. The van der Waals surface area contributed by atoms with Gasteiger partial charge in [-0.1, -0.05) is 176 Å². The summed E-state index contributed by atoms with van der Waals surface area (Å²) >= 11 is 0. The van der Waals surface area contributed by atoms with E-state index in [1.807, 2.05) is 164 Å². The van der Waals surface area contributed by atoms with E-state index >= 15 is 0 Å². The third-order valence-electron chi connectivity index (χ3n) is 10.7. The van der Waals surface area contributed by atoms with Gasteiger partial charge in [0.05, 0.1) is 13.2 Å². The molecule has 0 heterocycles. The van der Waals surface area contributed by atoms with Crippen LogP contribution in [-0.2, 0) is 26.1 Å². The molecule has 7 aromatic carbocycles. The second-order valence-corrected chi connectivity index (χ2v) is 14.2. The first-order valence-corrected chi connectivity index (χ1v) is 19.7. The molecule has 0 bridgehead atoms. The number of benzene rings is 7. The zero-order valence-corrected chi connectivity index (χ0v) is 33.2. The summed E-state index contributed by atoms with van der Waals surface area (Å²) in [6, 6.07) is 69.7. The van der Waals surface area contributed by atoms with Crippen molar-refractivity contribution in [2.45, 2.75) is 23.5 Å². The van der Waals surface area contributed by atoms with E-state index in [1.165, 1.54) is 0 Å². The van der Waals surface area contributed by atoms with Gasteiger partial charge in [0, 0.05) is 37.7 Å². The van der Waals surface area contributed by atoms with Crippen molar-refractivity contribution in [2.24, 2.45) is 0 Å². The summed E-state index contributed by atoms with van der Waals surface area (Å²) in [7, 11) is 0. The molecular weight excluding hydrogens is 749 g/mol. The lowest BCUT2D eigenvalue weighted by Crippen LogP contribution is -2.31. The molecule has 0 spiro atoms. The minimum absolute atomic E-state index is 0.171. The molecule has 0 aliphatic carbocycles. The Labute approximate surface area is 351 Å². The molecule has 60 heavy (non-hydrogen) atoms. The maximum Gasteiger partial charge on any atom is 0.344 e. The van der Waals surface area contributed by atoms with E-state index in [1.54, 1.807) is 0 Å². The van der Waals surface area contributed by atoms with Crippen molar-refractivity contribution in [3.63, 3.8) is 0 Å². The number of hydrogen-bond acceptors (Lipinski definition) is 6. The second-order valence-electron chi connectivity index (χ2n) is 14.2. The van der Waals surface area contributed by atoms with Gasteiger partial charge >= 0.3 is 12.1 Å². The Morgan fingerprint density at radius 2 is 0.633 bits per heavy atom. The molecule has 0 amide bonds. The van der Waals surface area contributed by atoms with E-state index < -0.39 is 16.6 Å². The van der Waals surface area contributed by atoms with E-state index in [-0.39, 0.29) is 26.4 Å². The van der Waals surface area contributed by atoms with Crippen LogP contribution in [0.15, 0.2) is 200 Å². The number of hydrogen-bond donors (Lipinski definition) is 0. The van der Waals surface area contributed by atoms with Gasteiger partial charge in [0.15, 0.2) is 0 Å². The molecule has 0 aliphatic rings. The first-order chi connectivity index (χ1) is 29.5. The standard InChI is InChI=1S/C52H44N2O6/c1-50(41-17-7-2-8-18-41,42-27-31-48(32-28-42)57-35-37-59-51(39-53-55,44-19-9-3-10-20-44)45-21-11-4-12-22-45)43-29-33-49(34-30-43)58-36-38-60-52(40-54-56,46-23-13-5-14-24-46)47-25-15-6-16-26-47/h2-34H,35-38H2,1H3. The van der Waals surface area contributed by atoms with Gasteiger partial charge in [0.1, 0.15) is 24.7 Å². The summed E-state index contributed by atoms with van der Waals surface area (Å²) < 4.78 is 25.1. The van der Waals surface area contributed by atoms with Crippen LogP contribution in [0.1, 0.15) is 45.9 Å². The Balaban J connectivity index is 1.03. The molecule has 0 saturated carbocycles. The topological polar surface area (TPSA) is 91.8 Å². The lowest BCUT2D eigenvalue weighted by atomic mass is 9.71. The van der Waals surface area contributed by atoms with Gasteiger partial charge in [-0.3, -0.25) is 0 Å². The summed E-state index contributed by atoms with van der Waals surface area (Å²) in [5.41, 5.74) is 3.14. The smallest absolute Gasteiger partial charge is 0.344 e. The first-order valence-electron chi connectivity index (χ1n) is 19.7. The normalized spacial score (nSPS) is 11.3. The molecule has 0 atom stereocenters. The highest BCUT2D eigenvalue weighted by atomic mass is 16.5. The van der Waals surface area contributed by atoms with Gasteiger partial charge in [-0.25, -0.2) is 0 Å². The fraction of sp³-hybridized carbons (Fsp3) is 0.154. The highest BCUT2D eigenvalue weighted by Gasteiger charge is 2.41. The quantitative estimate of drug-likeness (QED) is 0.0518. The Hall–Kier alpha value is -7.36. The van der Waals surface area contributed by atoms with Crippen molar-refractivity contribution in [1.82, 2.24) is 0 Å². The van der Waals surface area contributed by atoms with E-state index in [4.69, 9.17) is 18.9 Å². The lowest BCUT2D eigenvalue weighted by molar-refractivity contribution is 0.00927. The monoisotopic (exact) mass is 792 g/mol. The molecule has 0 radical (unpaired) electrons. The largest absolute Gasteiger partial charge is 0.498 e. The lowest BCUT2D eigenvalue weighted by Gasteiger charge is -2.32. The van der Waals surface area contributed by atoms with E-state index in [0.29, 0.717) is 11.5 Å². The Kier molecular flexibility index (Phi) is 13.2. The van der Waals surface area contributed by atoms with E-state index in [0.717, 1.165) is 38.9 Å². The van der Waals surface area contributed by atoms with Crippen LogP contribution in [0.25, 0.3) is 10.0 Å². The molecule has 0 N–H and O–H groups in total. The predicted octanol–water partition coefficient (Wildman–Crippen LogP) is 11.4. The fourth-order valence-corrected chi connectivity index (χ4v) is 7.56. The fourth-order valence-electron chi connectivity index (χ4n) is 7.56. The number of nitrogens with zero attached hydrogens (tertiary/aromatic N) is 2. The molecule has 0 aromatic heterocycles. The van der Waals surface area contributed by atoms with Crippen molar-refractivity contribution in [3.8, 4) is 23.6 Å². The highest BCUT2D eigenvalue weighted by molar-refractivity contribution is 5.52. The average molecular weight is 793 g/mol. The molecule has 8 heteroatoms. The van der Waals surface area contributed by atoms with Gasteiger partial charge in [-0.15, -0.1) is 0 Å². The third-order valence-corrected chi connectivity index (χ3v) is 10.7. The Bertz CT molecular complexity index is 2280. The van der Waals surface area contributed by atoms with Crippen LogP contribution in [-0.4, -0.2) is 26.4 Å². The zero-order valence-electron chi connectivity index (χ0n) is 33.2. The molecule has 7 aromatic rings. The molecule has 0 saturated heterocycles. The van der Waals surface area contributed by atoms with Crippen LogP contribution in [0.2, 0.25) is 0 Å². The van der Waals surface area contributed by atoms with Crippen LogP contribution >= 0.6 is 0 Å². The van der Waals surface area contributed by atoms with Crippen molar-refractivity contribution in [2.75, 3.05) is 26.4 Å². The van der Waals surface area contributed by atoms with Crippen LogP contribution in [0.5, 0.6) is 11.5 Å². The van der Waals surface area contributed by atoms with Crippen LogP contribution in [0.3, 0.4) is 0 Å². The summed E-state index contributed by atoms with van der Waals surface area (Å²) in [5.74, 6) is 1.36. The maximum atomic E-state index is 11.6. The second kappa shape index (κ2) is 19.4. The van der Waals surface area contributed by atoms with Crippen molar-refractivity contribution in [1.29, 1.82) is 0 Å². The van der Waals surface area contributed by atoms with Gasteiger partial charge in [0.25, 0.3) is 11.2 Å². The third kappa shape index (κ3) is 8.87. The summed E-state index contributed by atoms with van der Waals surface area (Å²) in [4.78, 5) is 0. The molecular formula is C52H44N2O6. The van der Waals surface area contributed by atoms with E-state index in [9.17, 15) is 10.4 Å². The molecule has 0 fully saturated rings. The Morgan fingerprint density at radius 1 is 0.367 bits per heavy atom. The Morgan fingerprint density at radius 3 is 0.917 bits per heavy atom. The van der Waals surface area contributed by atoms with Gasteiger partial charge in [-0.2, -0.15) is 0 Å². The predicted molar refractivity (Wildman–Crippen MR) is 236 cm³/mol. The van der Waals surface area contributed by atoms with Crippen molar-refractivity contribution in [3.05, 3.63) is 260 Å². The number of rotatable bonds is 17. The van der Waals surface area contributed by atoms with Crippen molar-refractivity contribution < 1.29 is 18.9 Å². The maximum absolute atomic E-state index is 11.6. The van der Waals surface area contributed by atoms with Gasteiger partial charge in [-0.05, 0) is 47.9 Å². The average Bonchev–Trinajstić information content (AvgIpc) is 3.32. The highest BCUT2D eigenvalue weighted by Crippen LogP contribution is 2.40. The molecule has 7 rings (SSSR count). The SMILES string of the molecule is CC(c1ccccc1)(c1ccc(OCCOC(C#[N+][O-])(c2ccccc2)c2ccccc2)cc1)c1ccc(OCCOC(C#[N+][O-])(c2ccccc2)c2ccccc2)cc1. The molecule has 0 aliphatic heterocycles. The van der Waals surface area contributed by atoms with Gasteiger partial charge in [0.2, 0.25) is 0 Å². The molecule has 0 unspecified atom stereocenters. The minimum atomic E-state index is -1.29. The van der Waals surface area contributed by atoms with Crippen LogP contribution in [0.4, 0.5) is 0 Å².